The Balaban J connectivity index is 2.55. The van der Waals surface area contributed by atoms with Gasteiger partial charge in [-0.05, 0) is 25.8 Å². The lowest BCUT2D eigenvalue weighted by Gasteiger charge is -2.33. The highest BCUT2D eigenvalue weighted by atomic mass is 16.4. The van der Waals surface area contributed by atoms with Gasteiger partial charge in [-0.1, -0.05) is 6.92 Å². The maximum atomic E-state index is 11.7. The first kappa shape index (κ1) is 12.0. The van der Waals surface area contributed by atoms with Crippen LogP contribution in [-0.4, -0.2) is 47.6 Å². The predicted octanol–water partition coefficient (Wildman–Crippen LogP) is 0.0616. The van der Waals surface area contributed by atoms with Gasteiger partial charge in [0.05, 0.1) is 6.54 Å². The van der Waals surface area contributed by atoms with Crippen LogP contribution in [0.15, 0.2) is 0 Å². The van der Waals surface area contributed by atoms with E-state index in [0.29, 0.717) is 13.0 Å². The van der Waals surface area contributed by atoms with Crippen LogP contribution in [0, 0.1) is 0 Å². The summed E-state index contributed by atoms with van der Waals surface area (Å²) in [5, 5.41) is 11.9. The Hall–Kier alpha value is -1.10. The van der Waals surface area contributed by atoms with Crippen molar-refractivity contribution < 1.29 is 14.7 Å². The van der Waals surface area contributed by atoms with E-state index in [4.69, 9.17) is 5.11 Å². The number of carbonyl (C=O) groups excluding carboxylic acids is 1. The quantitative estimate of drug-likeness (QED) is 0.694. The first-order valence-corrected chi connectivity index (χ1v) is 5.39. The molecule has 1 atom stereocenters. The molecule has 0 aromatic heterocycles. The summed E-state index contributed by atoms with van der Waals surface area (Å²) in [4.78, 5) is 24.1. The molecule has 0 aromatic rings. The lowest BCUT2D eigenvalue weighted by Crippen LogP contribution is -2.50. The topological polar surface area (TPSA) is 69.6 Å². The van der Waals surface area contributed by atoms with Gasteiger partial charge in [-0.15, -0.1) is 0 Å². The van der Waals surface area contributed by atoms with E-state index in [1.165, 1.54) is 4.90 Å². The molecule has 1 fully saturated rings. The van der Waals surface area contributed by atoms with E-state index in [0.717, 1.165) is 19.4 Å². The second kappa shape index (κ2) is 5.70. The van der Waals surface area contributed by atoms with E-state index in [2.05, 4.69) is 5.32 Å². The number of aliphatic carboxylic acids is 1. The van der Waals surface area contributed by atoms with Gasteiger partial charge >= 0.3 is 5.97 Å². The standard InChI is InChI=1S/C10H18N2O3/c1-2-11-7-9(13)12-6-4-3-5-8(12)10(14)15/h8,11H,2-7H2,1H3,(H,14,15). The Bertz CT molecular complexity index is 243. The number of carboxylic acids is 1. The summed E-state index contributed by atoms with van der Waals surface area (Å²) in [5.41, 5.74) is 0. The van der Waals surface area contributed by atoms with Crippen molar-refractivity contribution in [2.75, 3.05) is 19.6 Å². The molecular weight excluding hydrogens is 196 g/mol. The summed E-state index contributed by atoms with van der Waals surface area (Å²) in [5.74, 6) is -0.997. The number of nitrogens with one attached hydrogen (secondary N) is 1. The third kappa shape index (κ3) is 3.20. The monoisotopic (exact) mass is 214 g/mol. The van der Waals surface area contributed by atoms with Gasteiger partial charge in [0, 0.05) is 6.54 Å². The Morgan fingerprint density at radius 1 is 1.47 bits per heavy atom. The minimum atomic E-state index is -0.889. The van der Waals surface area contributed by atoms with Crippen molar-refractivity contribution >= 4 is 11.9 Å². The molecule has 86 valence electrons. The van der Waals surface area contributed by atoms with Crippen LogP contribution in [0.5, 0.6) is 0 Å². The first-order chi connectivity index (χ1) is 7.16. The number of likely N-dealkylation sites (tertiary alicyclic amines) is 1. The number of nitrogens with zero attached hydrogens (tertiary/aromatic N) is 1. The molecule has 0 aliphatic carbocycles. The lowest BCUT2D eigenvalue weighted by molar-refractivity contribution is -0.151. The largest absolute Gasteiger partial charge is 0.480 e. The third-order valence-electron chi connectivity index (χ3n) is 2.63. The van der Waals surface area contributed by atoms with Crippen LogP contribution in [-0.2, 0) is 9.59 Å². The van der Waals surface area contributed by atoms with Gasteiger partial charge in [-0.2, -0.15) is 0 Å². The van der Waals surface area contributed by atoms with Crippen LogP contribution in [0.2, 0.25) is 0 Å². The molecule has 0 spiro atoms. The number of likely N-dealkylation sites (N-methyl/N-ethyl adjacent to an activating group) is 1. The fourth-order valence-electron chi connectivity index (χ4n) is 1.82. The maximum absolute atomic E-state index is 11.7. The molecular formula is C10H18N2O3. The molecule has 5 nitrogen and oxygen atoms in total. The van der Waals surface area contributed by atoms with E-state index >= 15 is 0 Å². The summed E-state index contributed by atoms with van der Waals surface area (Å²) in [7, 11) is 0. The van der Waals surface area contributed by atoms with E-state index in [9.17, 15) is 9.59 Å². The van der Waals surface area contributed by atoms with E-state index in [1.54, 1.807) is 0 Å². The number of hydrogen-bond donors (Lipinski definition) is 2. The molecule has 1 heterocycles. The van der Waals surface area contributed by atoms with Gasteiger partial charge in [0.2, 0.25) is 5.91 Å². The zero-order chi connectivity index (χ0) is 11.3. The molecule has 2 N–H and O–H groups in total. The Morgan fingerprint density at radius 3 is 2.80 bits per heavy atom. The zero-order valence-corrected chi connectivity index (χ0v) is 9.03. The number of carboxylic acid groups (broad SMARTS) is 1. The number of rotatable bonds is 4. The van der Waals surface area contributed by atoms with Crippen molar-refractivity contribution in [1.29, 1.82) is 0 Å². The molecule has 0 bridgehead atoms. The average molecular weight is 214 g/mol. The summed E-state index contributed by atoms with van der Waals surface area (Å²) in [6, 6.07) is -0.620. The van der Waals surface area contributed by atoms with Gasteiger partial charge in [0.1, 0.15) is 6.04 Å². The highest BCUT2D eigenvalue weighted by molar-refractivity contribution is 5.85. The summed E-state index contributed by atoms with van der Waals surface area (Å²) < 4.78 is 0. The van der Waals surface area contributed by atoms with Crippen LogP contribution >= 0.6 is 0 Å². The first-order valence-electron chi connectivity index (χ1n) is 5.39. The number of piperidine rings is 1. The summed E-state index contributed by atoms with van der Waals surface area (Å²) in [6.07, 6.45) is 2.37. The van der Waals surface area contributed by atoms with E-state index < -0.39 is 12.0 Å². The second-order valence-corrected chi connectivity index (χ2v) is 3.72. The Labute approximate surface area is 89.4 Å². The fraction of sp³-hybridized carbons (Fsp3) is 0.800. The van der Waals surface area contributed by atoms with Crippen LogP contribution in [0.3, 0.4) is 0 Å². The van der Waals surface area contributed by atoms with Gasteiger partial charge in [-0.25, -0.2) is 4.79 Å². The molecule has 1 rings (SSSR count). The van der Waals surface area contributed by atoms with Crippen LogP contribution < -0.4 is 5.32 Å². The average Bonchev–Trinajstić information content (AvgIpc) is 2.25. The molecule has 1 amide bonds. The summed E-state index contributed by atoms with van der Waals surface area (Å²) in [6.45, 7) is 3.44. The van der Waals surface area contributed by atoms with E-state index in [-0.39, 0.29) is 12.5 Å². The number of carbonyl (C=O) groups is 2. The lowest BCUT2D eigenvalue weighted by atomic mass is 10.0. The second-order valence-electron chi connectivity index (χ2n) is 3.72. The summed E-state index contributed by atoms with van der Waals surface area (Å²) >= 11 is 0. The van der Waals surface area contributed by atoms with Crippen molar-refractivity contribution in [3.8, 4) is 0 Å². The van der Waals surface area contributed by atoms with Crippen molar-refractivity contribution in [1.82, 2.24) is 10.2 Å². The minimum absolute atomic E-state index is 0.107. The Morgan fingerprint density at radius 2 is 2.20 bits per heavy atom. The fourth-order valence-corrected chi connectivity index (χ4v) is 1.82. The Kier molecular flexibility index (Phi) is 4.55. The molecule has 1 aliphatic heterocycles. The molecule has 0 radical (unpaired) electrons. The van der Waals surface area contributed by atoms with Crippen molar-refractivity contribution in [3.05, 3.63) is 0 Å². The maximum Gasteiger partial charge on any atom is 0.326 e. The third-order valence-corrected chi connectivity index (χ3v) is 2.63. The molecule has 0 saturated carbocycles. The van der Waals surface area contributed by atoms with E-state index in [1.807, 2.05) is 6.92 Å². The molecule has 1 unspecified atom stereocenters. The highest BCUT2D eigenvalue weighted by Gasteiger charge is 2.31. The normalized spacial score (nSPS) is 21.4. The molecule has 1 aliphatic rings. The van der Waals surface area contributed by atoms with Crippen molar-refractivity contribution in [2.24, 2.45) is 0 Å². The van der Waals surface area contributed by atoms with Crippen LogP contribution in [0.25, 0.3) is 0 Å². The highest BCUT2D eigenvalue weighted by Crippen LogP contribution is 2.16. The van der Waals surface area contributed by atoms with Gasteiger partial charge in [0.15, 0.2) is 0 Å². The van der Waals surface area contributed by atoms with Gasteiger partial charge < -0.3 is 15.3 Å². The molecule has 0 aromatic carbocycles. The molecule has 15 heavy (non-hydrogen) atoms. The SMILES string of the molecule is CCNCC(=O)N1CCCCC1C(=O)O. The number of amides is 1. The zero-order valence-electron chi connectivity index (χ0n) is 9.03. The van der Waals surface area contributed by atoms with Gasteiger partial charge in [-0.3, -0.25) is 4.79 Å². The molecule has 1 saturated heterocycles. The molecule has 5 heteroatoms. The van der Waals surface area contributed by atoms with Crippen LogP contribution in [0.4, 0.5) is 0 Å². The minimum Gasteiger partial charge on any atom is -0.480 e. The van der Waals surface area contributed by atoms with Crippen molar-refractivity contribution in [2.45, 2.75) is 32.2 Å². The number of hydrogen-bond acceptors (Lipinski definition) is 3. The van der Waals surface area contributed by atoms with Gasteiger partial charge in [0.25, 0.3) is 0 Å². The predicted molar refractivity (Wildman–Crippen MR) is 55.5 cm³/mol. The van der Waals surface area contributed by atoms with Crippen LogP contribution in [0.1, 0.15) is 26.2 Å². The smallest absolute Gasteiger partial charge is 0.326 e. The van der Waals surface area contributed by atoms with Crippen molar-refractivity contribution in [3.63, 3.8) is 0 Å².